The third-order valence-electron chi connectivity index (χ3n) is 8.98. The van der Waals surface area contributed by atoms with Gasteiger partial charge in [-0.2, -0.15) is 26.3 Å². The number of pyridine rings is 1. The first-order valence-corrected chi connectivity index (χ1v) is 15.2. The molecule has 0 radical (unpaired) electrons. The number of aromatic nitrogens is 1. The second-order valence-corrected chi connectivity index (χ2v) is 12.9. The Kier molecular flexibility index (Phi) is 9.70. The second-order valence-electron chi connectivity index (χ2n) is 12.9. The molecule has 1 unspecified atom stereocenters. The highest BCUT2D eigenvalue weighted by Gasteiger charge is 2.44. The number of carbonyl (C=O) groups excluding carboxylic acids is 1. The Labute approximate surface area is 274 Å². The normalized spacial score (nSPS) is 21.8. The summed E-state index contributed by atoms with van der Waals surface area (Å²) in [6.45, 7) is 5.91. The largest absolute Gasteiger partial charge is 0.481 e. The van der Waals surface area contributed by atoms with Crippen LogP contribution in [0.2, 0.25) is 0 Å². The second kappa shape index (κ2) is 13.2. The summed E-state index contributed by atoms with van der Waals surface area (Å²) in [7, 11) is 2.79. The summed E-state index contributed by atoms with van der Waals surface area (Å²) in [5.74, 6) is -0.139. The van der Waals surface area contributed by atoms with E-state index in [4.69, 9.17) is 14.2 Å². The number of hydrogen-bond acceptors (Lipinski definition) is 7. The van der Waals surface area contributed by atoms with Crippen LogP contribution in [0.25, 0.3) is 16.7 Å². The summed E-state index contributed by atoms with van der Waals surface area (Å²) < 4.78 is 97.9. The van der Waals surface area contributed by atoms with Crippen LogP contribution in [0, 0.1) is 5.41 Å². The van der Waals surface area contributed by atoms with Crippen molar-refractivity contribution in [3.8, 4) is 17.0 Å². The van der Waals surface area contributed by atoms with E-state index in [-0.39, 0.29) is 23.6 Å². The van der Waals surface area contributed by atoms with Gasteiger partial charge < -0.3 is 19.3 Å². The zero-order valence-electron chi connectivity index (χ0n) is 27.0. The van der Waals surface area contributed by atoms with E-state index < -0.39 is 48.0 Å². The van der Waals surface area contributed by atoms with Crippen LogP contribution in [-0.2, 0) is 21.8 Å². The number of benzene rings is 2. The number of hydrogen-bond donors (Lipinski definition) is 1. The van der Waals surface area contributed by atoms with Crippen LogP contribution in [0.4, 0.5) is 26.3 Å². The van der Waals surface area contributed by atoms with Gasteiger partial charge in [0.25, 0.3) is 0 Å². The van der Waals surface area contributed by atoms with Gasteiger partial charge in [0.15, 0.2) is 0 Å². The van der Waals surface area contributed by atoms with Crippen LogP contribution >= 0.6 is 0 Å². The van der Waals surface area contributed by atoms with Crippen molar-refractivity contribution >= 4 is 11.5 Å². The van der Waals surface area contributed by atoms with Crippen LogP contribution < -0.4 is 4.74 Å². The molecule has 0 spiro atoms. The quantitative estimate of drug-likeness (QED) is 0.199. The monoisotopic (exact) mass is 678 g/mol. The molecule has 0 saturated carbocycles. The van der Waals surface area contributed by atoms with Crippen molar-refractivity contribution in [2.24, 2.45) is 5.41 Å². The molecule has 48 heavy (non-hydrogen) atoms. The zero-order chi connectivity index (χ0) is 35.2. The van der Waals surface area contributed by atoms with E-state index in [1.54, 1.807) is 31.3 Å². The summed E-state index contributed by atoms with van der Waals surface area (Å²) in [5.41, 5.74) is 0.867. The standard InChI is InChI=1S/C35H36F6N2O5/c1-19-29(22-12-25(34(36,37)38)15-26(13-22)35(39,40)41)48-32(45)43(19)18-24-16-33(2,3)10-9-27(24)28-14-23(17-42-30(28)46-4)20-7-6-8-21(11-20)31(44)47-5/h6-8,11-15,17,19,29,32,45H,9-10,16,18H2,1-5H3/t19-,29-,32?/m0/s1. The van der Waals surface area contributed by atoms with Crippen LogP contribution in [0.15, 0.2) is 60.3 Å². The van der Waals surface area contributed by atoms with Crippen molar-refractivity contribution in [2.45, 2.75) is 70.9 Å². The molecule has 0 amide bonds. The van der Waals surface area contributed by atoms with Gasteiger partial charge in [0.05, 0.1) is 30.9 Å². The topological polar surface area (TPSA) is 81.1 Å². The highest BCUT2D eigenvalue weighted by atomic mass is 19.4. The van der Waals surface area contributed by atoms with Crippen molar-refractivity contribution in [2.75, 3.05) is 20.8 Å². The lowest BCUT2D eigenvalue weighted by Crippen LogP contribution is -2.38. The van der Waals surface area contributed by atoms with Gasteiger partial charge in [-0.05, 0) is 84.7 Å². The molecule has 3 aromatic rings. The highest BCUT2D eigenvalue weighted by Crippen LogP contribution is 2.47. The lowest BCUT2D eigenvalue weighted by molar-refractivity contribution is -0.150. The SMILES string of the molecule is COC(=O)c1cccc(-c2cnc(OC)c(C3=C(CN4C(O)O[C@H](c5cc(C(F)(F)F)cc(C(F)(F)F)c5)[C@@H]4C)CC(C)(C)CC3)c2)c1. The minimum Gasteiger partial charge on any atom is -0.481 e. The Morgan fingerprint density at radius 2 is 1.69 bits per heavy atom. The first-order chi connectivity index (χ1) is 22.4. The first kappa shape index (κ1) is 35.4. The predicted molar refractivity (Wildman–Crippen MR) is 165 cm³/mol. The third-order valence-corrected chi connectivity index (χ3v) is 8.98. The van der Waals surface area contributed by atoms with Crippen molar-refractivity contribution in [1.29, 1.82) is 0 Å². The number of alkyl halides is 6. The minimum absolute atomic E-state index is 0.0692. The smallest absolute Gasteiger partial charge is 0.416 e. The average molecular weight is 679 g/mol. The zero-order valence-corrected chi connectivity index (χ0v) is 27.0. The molecular formula is C35H36F6N2O5. The molecule has 7 nitrogen and oxygen atoms in total. The number of halogens is 6. The maximum absolute atomic E-state index is 13.6. The Balaban J connectivity index is 1.54. The fourth-order valence-corrected chi connectivity index (χ4v) is 6.46. The van der Waals surface area contributed by atoms with Gasteiger partial charge in [0, 0.05) is 29.9 Å². The molecule has 2 aliphatic rings. The number of aliphatic hydroxyl groups excluding tert-OH is 1. The molecule has 258 valence electrons. The average Bonchev–Trinajstić information content (AvgIpc) is 3.31. The minimum atomic E-state index is -5.02. The van der Waals surface area contributed by atoms with Gasteiger partial charge in [-0.3, -0.25) is 0 Å². The van der Waals surface area contributed by atoms with E-state index in [0.717, 1.165) is 17.6 Å². The van der Waals surface area contributed by atoms with Gasteiger partial charge in [0.2, 0.25) is 12.3 Å². The summed E-state index contributed by atoms with van der Waals surface area (Å²) >= 11 is 0. The van der Waals surface area contributed by atoms with Crippen molar-refractivity contribution < 1.29 is 50.5 Å². The van der Waals surface area contributed by atoms with Gasteiger partial charge >= 0.3 is 18.3 Å². The van der Waals surface area contributed by atoms with Gasteiger partial charge in [0.1, 0.15) is 6.10 Å². The van der Waals surface area contributed by atoms with E-state index in [9.17, 15) is 36.2 Å². The van der Waals surface area contributed by atoms with E-state index in [1.165, 1.54) is 19.1 Å². The van der Waals surface area contributed by atoms with E-state index in [1.807, 2.05) is 12.1 Å². The number of aliphatic hydroxyl groups is 1. The Hall–Kier alpha value is -3.94. The van der Waals surface area contributed by atoms with E-state index in [2.05, 4.69) is 18.8 Å². The Morgan fingerprint density at radius 1 is 1.02 bits per heavy atom. The maximum Gasteiger partial charge on any atom is 0.416 e. The molecule has 1 fully saturated rings. The van der Waals surface area contributed by atoms with E-state index >= 15 is 0 Å². The van der Waals surface area contributed by atoms with Gasteiger partial charge in [-0.15, -0.1) is 0 Å². The van der Waals surface area contributed by atoms with Crippen molar-refractivity contribution in [1.82, 2.24) is 9.88 Å². The molecule has 5 rings (SSSR count). The van der Waals surface area contributed by atoms with Crippen molar-refractivity contribution in [3.63, 3.8) is 0 Å². The van der Waals surface area contributed by atoms with E-state index in [0.29, 0.717) is 53.1 Å². The number of methoxy groups -OCH3 is 2. The van der Waals surface area contributed by atoms with Crippen LogP contribution in [0.3, 0.4) is 0 Å². The Bertz CT molecular complexity index is 1690. The Morgan fingerprint density at radius 3 is 2.29 bits per heavy atom. The molecule has 2 aromatic carbocycles. The summed E-state index contributed by atoms with van der Waals surface area (Å²) in [5, 5.41) is 11.0. The molecule has 1 saturated heterocycles. The first-order valence-electron chi connectivity index (χ1n) is 15.2. The number of esters is 1. The molecule has 2 heterocycles. The lowest BCUT2D eigenvalue weighted by atomic mass is 9.72. The molecule has 1 aliphatic heterocycles. The maximum atomic E-state index is 13.6. The summed E-state index contributed by atoms with van der Waals surface area (Å²) in [6.07, 6.45) is -9.30. The summed E-state index contributed by atoms with van der Waals surface area (Å²) in [4.78, 5) is 18.2. The number of ether oxygens (including phenoxy) is 3. The number of rotatable bonds is 7. The third kappa shape index (κ3) is 7.37. The molecule has 13 heteroatoms. The molecule has 3 atom stereocenters. The van der Waals surface area contributed by atoms with Gasteiger partial charge in [-0.1, -0.05) is 31.6 Å². The van der Waals surface area contributed by atoms with Crippen LogP contribution in [0.5, 0.6) is 5.88 Å². The molecule has 0 bridgehead atoms. The summed E-state index contributed by atoms with van der Waals surface area (Å²) in [6, 6.07) is 9.34. The molecular weight excluding hydrogens is 642 g/mol. The van der Waals surface area contributed by atoms with Gasteiger partial charge in [-0.25, -0.2) is 14.7 Å². The number of carbonyl (C=O) groups is 1. The van der Waals surface area contributed by atoms with Crippen LogP contribution in [-0.4, -0.2) is 54.2 Å². The number of nitrogens with zero attached hydrogens (tertiary/aromatic N) is 2. The van der Waals surface area contributed by atoms with Crippen LogP contribution in [0.1, 0.15) is 78.7 Å². The number of allylic oxidation sites excluding steroid dienone is 1. The highest BCUT2D eigenvalue weighted by molar-refractivity contribution is 5.91. The molecule has 1 aliphatic carbocycles. The lowest BCUT2D eigenvalue weighted by Gasteiger charge is -2.36. The fraction of sp³-hybridized carbons (Fsp3) is 0.429. The molecule has 1 N–H and O–H groups in total. The molecule has 1 aromatic heterocycles. The fourth-order valence-electron chi connectivity index (χ4n) is 6.46. The van der Waals surface area contributed by atoms with Crippen molar-refractivity contribution in [3.05, 3.63) is 88.1 Å². The predicted octanol–water partition coefficient (Wildman–Crippen LogP) is 8.28.